The number of hydrogen-bond acceptors (Lipinski definition) is 0. The van der Waals surface area contributed by atoms with Crippen molar-refractivity contribution in [3.63, 3.8) is 0 Å². The predicted molar refractivity (Wildman–Crippen MR) is 56.6 cm³/mol. The Morgan fingerprint density at radius 1 is 1.60 bits per heavy atom. The molecule has 10 heavy (non-hydrogen) atoms. The molecule has 0 heterocycles. The molecule has 0 N–H and O–H groups in total. The van der Waals surface area contributed by atoms with Crippen molar-refractivity contribution in [2.45, 2.75) is 17.8 Å². The van der Waals surface area contributed by atoms with Gasteiger partial charge in [-0.05, 0) is 19.4 Å². The van der Waals surface area contributed by atoms with E-state index in [1.165, 1.54) is 5.57 Å². The summed E-state index contributed by atoms with van der Waals surface area (Å²) < 4.78 is 0.562. The van der Waals surface area contributed by atoms with E-state index < -0.39 is 0 Å². The van der Waals surface area contributed by atoms with E-state index in [1.807, 2.05) is 25.2 Å². The van der Waals surface area contributed by atoms with Crippen LogP contribution in [0.4, 0.5) is 0 Å². The standard InChI is InChI=1S/C9H13I/c1-4-6-9(7-5-2)8(3)10/h4-8H,1H2,2-3H3/b7-5-,9-6+. The lowest BCUT2D eigenvalue weighted by Gasteiger charge is -2.01. The monoisotopic (exact) mass is 248 g/mol. The van der Waals surface area contributed by atoms with Crippen molar-refractivity contribution in [3.05, 3.63) is 36.5 Å². The van der Waals surface area contributed by atoms with E-state index in [4.69, 9.17) is 0 Å². The molecule has 56 valence electrons. The average molecular weight is 248 g/mol. The van der Waals surface area contributed by atoms with Crippen LogP contribution in [0.5, 0.6) is 0 Å². The molecule has 0 nitrogen and oxygen atoms in total. The van der Waals surface area contributed by atoms with E-state index >= 15 is 0 Å². The number of halogens is 1. The zero-order chi connectivity index (χ0) is 7.98. The first-order valence-electron chi connectivity index (χ1n) is 3.31. The number of rotatable bonds is 3. The first-order valence-corrected chi connectivity index (χ1v) is 4.56. The van der Waals surface area contributed by atoms with Crippen molar-refractivity contribution in [3.8, 4) is 0 Å². The molecule has 1 atom stereocenters. The van der Waals surface area contributed by atoms with E-state index in [1.54, 1.807) is 0 Å². The molecule has 0 aliphatic heterocycles. The lowest BCUT2D eigenvalue weighted by atomic mass is 10.2. The van der Waals surface area contributed by atoms with Crippen molar-refractivity contribution in [1.82, 2.24) is 0 Å². The highest BCUT2D eigenvalue weighted by atomic mass is 127. The molecule has 0 aliphatic rings. The molecule has 0 rings (SSSR count). The van der Waals surface area contributed by atoms with Gasteiger partial charge in [-0.2, -0.15) is 0 Å². The van der Waals surface area contributed by atoms with E-state index in [0.717, 1.165) is 0 Å². The molecule has 0 amide bonds. The maximum absolute atomic E-state index is 3.65. The second-order valence-corrected chi connectivity index (χ2v) is 3.89. The SMILES string of the molecule is C=C/C=C(\C=C/C)C(C)I. The van der Waals surface area contributed by atoms with Crippen LogP contribution in [0.15, 0.2) is 36.5 Å². The first kappa shape index (κ1) is 9.95. The summed E-state index contributed by atoms with van der Waals surface area (Å²) in [7, 11) is 0. The summed E-state index contributed by atoms with van der Waals surface area (Å²) in [5.41, 5.74) is 1.32. The van der Waals surface area contributed by atoms with E-state index in [9.17, 15) is 0 Å². The van der Waals surface area contributed by atoms with E-state index in [0.29, 0.717) is 3.92 Å². The Balaban J connectivity index is 4.25. The van der Waals surface area contributed by atoms with Crippen LogP contribution in [0.3, 0.4) is 0 Å². The van der Waals surface area contributed by atoms with Crippen LogP contribution in [0.2, 0.25) is 0 Å². The van der Waals surface area contributed by atoms with Crippen LogP contribution in [-0.2, 0) is 0 Å². The second kappa shape index (κ2) is 5.71. The first-order chi connectivity index (χ1) is 4.72. The summed E-state index contributed by atoms with van der Waals surface area (Å²) in [5, 5.41) is 0. The maximum Gasteiger partial charge on any atom is 0.0331 e. The Labute approximate surface area is 76.9 Å². The van der Waals surface area contributed by atoms with Gasteiger partial charge >= 0.3 is 0 Å². The summed E-state index contributed by atoms with van der Waals surface area (Å²) in [6.45, 7) is 7.84. The molecule has 0 radical (unpaired) electrons. The minimum atomic E-state index is 0.562. The summed E-state index contributed by atoms with van der Waals surface area (Å²) in [4.78, 5) is 0. The van der Waals surface area contributed by atoms with Gasteiger partial charge in [-0.1, -0.05) is 53.5 Å². The molecule has 0 saturated carbocycles. The molecule has 0 spiro atoms. The highest BCUT2D eigenvalue weighted by Crippen LogP contribution is 2.13. The summed E-state index contributed by atoms with van der Waals surface area (Å²) in [6, 6.07) is 0. The molecule has 0 aromatic heterocycles. The highest BCUT2D eigenvalue weighted by molar-refractivity contribution is 14.1. The van der Waals surface area contributed by atoms with E-state index in [-0.39, 0.29) is 0 Å². The van der Waals surface area contributed by atoms with Crippen LogP contribution in [0.25, 0.3) is 0 Å². The number of allylic oxidation sites excluding steroid dienone is 5. The molecular weight excluding hydrogens is 235 g/mol. The average Bonchev–Trinajstić information content (AvgIpc) is 1.87. The minimum absolute atomic E-state index is 0.562. The lowest BCUT2D eigenvalue weighted by molar-refractivity contribution is 1.22. The van der Waals surface area contributed by atoms with Crippen molar-refractivity contribution in [2.24, 2.45) is 0 Å². The topological polar surface area (TPSA) is 0 Å². The van der Waals surface area contributed by atoms with Gasteiger partial charge in [-0.25, -0.2) is 0 Å². The Morgan fingerprint density at radius 3 is 2.50 bits per heavy atom. The van der Waals surface area contributed by atoms with Gasteiger partial charge in [-0.15, -0.1) is 0 Å². The van der Waals surface area contributed by atoms with Crippen LogP contribution in [0, 0.1) is 0 Å². The van der Waals surface area contributed by atoms with Gasteiger partial charge < -0.3 is 0 Å². The largest absolute Gasteiger partial charge is 0.0991 e. The molecule has 1 heteroatoms. The van der Waals surface area contributed by atoms with Crippen molar-refractivity contribution in [2.75, 3.05) is 0 Å². The molecule has 1 unspecified atom stereocenters. The highest BCUT2D eigenvalue weighted by Gasteiger charge is 1.96. The maximum atomic E-state index is 3.65. The quantitative estimate of drug-likeness (QED) is 0.407. The lowest BCUT2D eigenvalue weighted by Crippen LogP contribution is -1.91. The van der Waals surface area contributed by atoms with Crippen LogP contribution >= 0.6 is 22.6 Å². The minimum Gasteiger partial charge on any atom is -0.0991 e. The Kier molecular flexibility index (Phi) is 5.69. The van der Waals surface area contributed by atoms with Gasteiger partial charge in [0.15, 0.2) is 0 Å². The molecule has 0 aromatic carbocycles. The van der Waals surface area contributed by atoms with E-state index in [2.05, 4.69) is 42.2 Å². The fourth-order valence-corrected chi connectivity index (χ4v) is 1.06. The molecular formula is C9H13I. The molecule has 0 aliphatic carbocycles. The molecule has 0 fully saturated rings. The summed E-state index contributed by atoms with van der Waals surface area (Å²) >= 11 is 2.38. The van der Waals surface area contributed by atoms with Crippen molar-refractivity contribution in [1.29, 1.82) is 0 Å². The molecule has 0 bridgehead atoms. The normalized spacial score (nSPS) is 15.7. The van der Waals surface area contributed by atoms with Crippen molar-refractivity contribution < 1.29 is 0 Å². The fraction of sp³-hybridized carbons (Fsp3) is 0.333. The summed E-state index contributed by atoms with van der Waals surface area (Å²) in [5.74, 6) is 0. The smallest absolute Gasteiger partial charge is 0.0331 e. The second-order valence-electron chi connectivity index (χ2n) is 2.02. The van der Waals surface area contributed by atoms with Crippen LogP contribution < -0.4 is 0 Å². The number of hydrogen-bond donors (Lipinski definition) is 0. The molecule has 0 aromatic rings. The van der Waals surface area contributed by atoms with Gasteiger partial charge in [0.2, 0.25) is 0 Å². The van der Waals surface area contributed by atoms with Gasteiger partial charge in [0, 0.05) is 3.92 Å². The van der Waals surface area contributed by atoms with Gasteiger partial charge in [-0.3, -0.25) is 0 Å². The fourth-order valence-electron chi connectivity index (χ4n) is 0.649. The van der Waals surface area contributed by atoms with Crippen LogP contribution in [0.1, 0.15) is 13.8 Å². The zero-order valence-electron chi connectivity index (χ0n) is 6.47. The van der Waals surface area contributed by atoms with Gasteiger partial charge in [0.05, 0.1) is 0 Å². The Hall–Kier alpha value is -0.0500. The molecule has 0 saturated heterocycles. The predicted octanol–water partition coefficient (Wildman–Crippen LogP) is 3.50. The third kappa shape index (κ3) is 3.88. The third-order valence-electron chi connectivity index (χ3n) is 1.13. The Bertz CT molecular complexity index is 152. The van der Waals surface area contributed by atoms with Crippen LogP contribution in [-0.4, -0.2) is 3.92 Å². The summed E-state index contributed by atoms with van der Waals surface area (Å²) in [6.07, 6.45) is 8.02. The third-order valence-corrected chi connectivity index (χ3v) is 1.85. The number of alkyl halides is 1. The Morgan fingerprint density at radius 2 is 2.20 bits per heavy atom. The van der Waals surface area contributed by atoms with Gasteiger partial charge in [0.1, 0.15) is 0 Å². The van der Waals surface area contributed by atoms with Gasteiger partial charge in [0.25, 0.3) is 0 Å². The van der Waals surface area contributed by atoms with Crippen molar-refractivity contribution >= 4 is 22.6 Å². The zero-order valence-corrected chi connectivity index (χ0v) is 8.63.